The van der Waals surface area contributed by atoms with Crippen molar-refractivity contribution in [1.29, 1.82) is 0 Å². The van der Waals surface area contributed by atoms with Crippen LogP contribution in [0.1, 0.15) is 25.5 Å². The molecular formula is C15H25FN2O2. The third kappa shape index (κ3) is 5.07. The van der Waals surface area contributed by atoms with E-state index in [9.17, 15) is 9.50 Å². The third-order valence-electron chi connectivity index (χ3n) is 3.12. The van der Waals surface area contributed by atoms with E-state index in [2.05, 4.69) is 5.32 Å². The Hall–Kier alpha value is -1.17. The molecule has 1 rings (SSSR count). The van der Waals surface area contributed by atoms with Gasteiger partial charge < -0.3 is 20.1 Å². The van der Waals surface area contributed by atoms with Crippen LogP contribution in [0.25, 0.3) is 0 Å². The molecule has 114 valence electrons. The van der Waals surface area contributed by atoms with Crippen LogP contribution in [-0.2, 0) is 0 Å². The molecule has 0 heterocycles. The Kier molecular flexibility index (Phi) is 5.92. The average molecular weight is 284 g/mol. The van der Waals surface area contributed by atoms with E-state index in [-0.39, 0.29) is 11.9 Å². The molecule has 0 radical (unpaired) electrons. The zero-order chi connectivity index (χ0) is 15.3. The second kappa shape index (κ2) is 7.02. The van der Waals surface area contributed by atoms with Crippen LogP contribution in [-0.4, -0.2) is 49.9 Å². The van der Waals surface area contributed by atoms with Gasteiger partial charge in [0, 0.05) is 30.8 Å². The first-order valence-electron chi connectivity index (χ1n) is 6.69. The third-order valence-corrected chi connectivity index (χ3v) is 3.12. The van der Waals surface area contributed by atoms with Gasteiger partial charge in [0.15, 0.2) is 0 Å². The van der Waals surface area contributed by atoms with Gasteiger partial charge in [-0.15, -0.1) is 0 Å². The minimum absolute atomic E-state index is 0.186. The van der Waals surface area contributed by atoms with Gasteiger partial charge in [-0.2, -0.15) is 0 Å². The highest BCUT2D eigenvalue weighted by Gasteiger charge is 2.22. The molecule has 0 aliphatic heterocycles. The number of rotatable bonds is 7. The lowest BCUT2D eigenvalue weighted by Crippen LogP contribution is -2.46. The van der Waals surface area contributed by atoms with E-state index >= 15 is 0 Å². The van der Waals surface area contributed by atoms with Gasteiger partial charge in [0.05, 0.1) is 12.7 Å². The summed E-state index contributed by atoms with van der Waals surface area (Å²) in [7, 11) is 5.32. The topological polar surface area (TPSA) is 44.7 Å². The molecule has 4 nitrogen and oxygen atoms in total. The van der Waals surface area contributed by atoms with Crippen LogP contribution < -0.4 is 10.1 Å². The fraction of sp³-hybridized carbons (Fsp3) is 0.600. The summed E-state index contributed by atoms with van der Waals surface area (Å²) < 4.78 is 18.9. The van der Waals surface area contributed by atoms with Crippen LogP contribution >= 0.6 is 0 Å². The first-order chi connectivity index (χ1) is 9.25. The molecule has 0 amide bonds. The van der Waals surface area contributed by atoms with Crippen LogP contribution in [0.15, 0.2) is 18.2 Å². The molecule has 0 saturated heterocycles. The van der Waals surface area contributed by atoms with Crippen molar-refractivity contribution in [2.75, 3.05) is 34.3 Å². The summed E-state index contributed by atoms with van der Waals surface area (Å²) in [4.78, 5) is 1.92. The highest BCUT2D eigenvalue weighted by Crippen LogP contribution is 2.22. The highest BCUT2D eigenvalue weighted by atomic mass is 19.1. The number of hydrogen-bond donors (Lipinski definition) is 2. The van der Waals surface area contributed by atoms with Crippen molar-refractivity contribution < 1.29 is 14.2 Å². The number of benzene rings is 1. The molecule has 1 aromatic rings. The van der Waals surface area contributed by atoms with E-state index in [1.54, 1.807) is 19.1 Å². The molecule has 1 aromatic carbocycles. The van der Waals surface area contributed by atoms with Crippen molar-refractivity contribution in [3.63, 3.8) is 0 Å². The minimum atomic E-state index is -0.860. The lowest BCUT2D eigenvalue weighted by molar-refractivity contribution is 0.0316. The molecule has 0 aliphatic carbocycles. The van der Waals surface area contributed by atoms with E-state index in [0.717, 1.165) is 0 Å². The van der Waals surface area contributed by atoms with Gasteiger partial charge in [-0.3, -0.25) is 0 Å². The van der Waals surface area contributed by atoms with Crippen molar-refractivity contribution in [2.24, 2.45) is 0 Å². The largest absolute Gasteiger partial charge is 0.497 e. The molecule has 0 aromatic heterocycles. The Balaban J connectivity index is 2.65. The number of hydrogen-bond acceptors (Lipinski definition) is 4. The number of halogens is 1. The van der Waals surface area contributed by atoms with Crippen molar-refractivity contribution in [3.8, 4) is 5.75 Å². The standard InChI is InChI=1S/C15H25FN2O2/c1-11(17-9-15(2,19)10-18(3)4)13-7-6-12(20-5)8-14(13)16/h6-8,11,17,19H,9-10H2,1-5H3. The van der Waals surface area contributed by atoms with Crippen LogP contribution in [0.4, 0.5) is 4.39 Å². The van der Waals surface area contributed by atoms with Gasteiger partial charge in [0.1, 0.15) is 11.6 Å². The Bertz CT molecular complexity index is 436. The Morgan fingerprint density at radius 1 is 1.45 bits per heavy atom. The van der Waals surface area contributed by atoms with Gasteiger partial charge in [0.25, 0.3) is 0 Å². The number of nitrogens with zero attached hydrogens (tertiary/aromatic N) is 1. The quantitative estimate of drug-likeness (QED) is 0.801. The number of nitrogens with one attached hydrogen (secondary N) is 1. The van der Waals surface area contributed by atoms with Crippen molar-refractivity contribution >= 4 is 0 Å². The maximum atomic E-state index is 13.9. The smallest absolute Gasteiger partial charge is 0.131 e. The SMILES string of the molecule is COc1ccc(C(C)NCC(C)(O)CN(C)C)c(F)c1. The number of aliphatic hydroxyl groups is 1. The van der Waals surface area contributed by atoms with Crippen molar-refractivity contribution in [1.82, 2.24) is 10.2 Å². The van der Waals surface area contributed by atoms with Gasteiger partial charge >= 0.3 is 0 Å². The lowest BCUT2D eigenvalue weighted by Gasteiger charge is -2.29. The van der Waals surface area contributed by atoms with Gasteiger partial charge in [0.2, 0.25) is 0 Å². The molecule has 2 N–H and O–H groups in total. The van der Waals surface area contributed by atoms with Crippen molar-refractivity contribution in [3.05, 3.63) is 29.6 Å². The zero-order valence-corrected chi connectivity index (χ0v) is 12.9. The molecule has 2 unspecified atom stereocenters. The molecular weight excluding hydrogens is 259 g/mol. The average Bonchev–Trinajstić information content (AvgIpc) is 2.34. The Labute approximate surface area is 120 Å². The molecule has 0 saturated carbocycles. The van der Waals surface area contributed by atoms with Crippen molar-refractivity contribution in [2.45, 2.75) is 25.5 Å². The number of ether oxygens (including phenoxy) is 1. The van der Waals surface area contributed by atoms with Crippen LogP contribution in [0, 0.1) is 5.82 Å². The van der Waals surface area contributed by atoms with E-state index < -0.39 is 5.60 Å². The molecule has 5 heteroatoms. The molecule has 2 atom stereocenters. The van der Waals surface area contributed by atoms with E-state index in [4.69, 9.17) is 4.74 Å². The fourth-order valence-corrected chi connectivity index (χ4v) is 2.21. The van der Waals surface area contributed by atoms with E-state index in [0.29, 0.717) is 24.4 Å². The maximum Gasteiger partial charge on any atom is 0.131 e. The van der Waals surface area contributed by atoms with E-state index in [1.807, 2.05) is 25.9 Å². The molecule has 0 fully saturated rings. The Morgan fingerprint density at radius 2 is 2.10 bits per heavy atom. The van der Waals surface area contributed by atoms with E-state index in [1.165, 1.54) is 13.2 Å². The number of methoxy groups -OCH3 is 1. The second-order valence-electron chi connectivity index (χ2n) is 5.72. The van der Waals surface area contributed by atoms with Crippen LogP contribution in [0.2, 0.25) is 0 Å². The van der Waals surface area contributed by atoms with Gasteiger partial charge in [-0.25, -0.2) is 4.39 Å². The highest BCUT2D eigenvalue weighted by molar-refractivity contribution is 5.30. The summed E-state index contributed by atoms with van der Waals surface area (Å²) in [5.41, 5.74) is -0.299. The van der Waals surface area contributed by atoms with Crippen LogP contribution in [0.3, 0.4) is 0 Å². The van der Waals surface area contributed by atoms with Gasteiger partial charge in [-0.1, -0.05) is 6.07 Å². The number of likely N-dealkylation sites (N-methyl/N-ethyl adjacent to an activating group) is 1. The molecule has 0 bridgehead atoms. The second-order valence-corrected chi connectivity index (χ2v) is 5.72. The first-order valence-corrected chi connectivity index (χ1v) is 6.69. The monoisotopic (exact) mass is 284 g/mol. The summed E-state index contributed by atoms with van der Waals surface area (Å²) >= 11 is 0. The maximum absolute atomic E-state index is 13.9. The molecule has 20 heavy (non-hydrogen) atoms. The predicted octanol–water partition coefficient (Wildman–Crippen LogP) is 1.80. The fourth-order valence-electron chi connectivity index (χ4n) is 2.21. The molecule has 0 aliphatic rings. The van der Waals surface area contributed by atoms with Crippen LogP contribution in [0.5, 0.6) is 5.75 Å². The predicted molar refractivity (Wildman–Crippen MR) is 78.5 cm³/mol. The summed E-state index contributed by atoms with van der Waals surface area (Å²) in [6.45, 7) is 4.56. The molecule has 0 spiro atoms. The summed E-state index contributed by atoms with van der Waals surface area (Å²) in [5, 5.41) is 13.4. The first kappa shape index (κ1) is 16.9. The normalized spacial score (nSPS) is 16.0. The summed E-state index contributed by atoms with van der Waals surface area (Å²) in [6.07, 6.45) is 0. The Morgan fingerprint density at radius 3 is 2.60 bits per heavy atom. The summed E-state index contributed by atoms with van der Waals surface area (Å²) in [5.74, 6) is 0.189. The zero-order valence-electron chi connectivity index (χ0n) is 12.9. The lowest BCUT2D eigenvalue weighted by atomic mass is 10.0. The van der Waals surface area contributed by atoms with Gasteiger partial charge in [-0.05, 0) is 34.0 Å². The summed E-state index contributed by atoms with van der Waals surface area (Å²) in [6, 6.07) is 4.61. The minimum Gasteiger partial charge on any atom is -0.497 e.